The van der Waals surface area contributed by atoms with Crippen LogP contribution in [0.25, 0.3) is 0 Å². The Kier molecular flexibility index (Phi) is 7.18. The van der Waals surface area contributed by atoms with Crippen LogP contribution in [0.5, 0.6) is 0 Å². The summed E-state index contributed by atoms with van der Waals surface area (Å²) in [6, 6.07) is -0.0102. The predicted molar refractivity (Wildman–Crippen MR) is 86.0 cm³/mol. The average Bonchev–Trinajstić information content (AvgIpc) is 2.77. The lowest BCUT2D eigenvalue weighted by atomic mass is 10.0. The van der Waals surface area contributed by atoms with Crippen molar-refractivity contribution in [2.24, 2.45) is 0 Å². The minimum absolute atomic E-state index is 0. The number of likely N-dealkylation sites (tertiary alicyclic amines) is 1. The van der Waals surface area contributed by atoms with Gasteiger partial charge in [0.15, 0.2) is 5.76 Å². The average molecular weight is 316 g/mol. The van der Waals surface area contributed by atoms with E-state index in [4.69, 9.17) is 4.52 Å². The monoisotopic (exact) mass is 315 g/mol. The molecule has 1 aromatic rings. The minimum Gasteiger partial charge on any atom is -0.359 e. The molecule has 5 nitrogen and oxygen atoms in total. The molecular weight excluding hydrogens is 290 g/mol. The van der Waals surface area contributed by atoms with E-state index in [1.165, 1.54) is 6.42 Å². The van der Waals surface area contributed by atoms with E-state index in [0.717, 1.165) is 50.2 Å². The Morgan fingerprint density at radius 2 is 2.19 bits per heavy atom. The van der Waals surface area contributed by atoms with Crippen LogP contribution in [0.4, 0.5) is 5.69 Å². The van der Waals surface area contributed by atoms with Crippen LogP contribution in [0.15, 0.2) is 4.52 Å². The van der Waals surface area contributed by atoms with Gasteiger partial charge in [0.1, 0.15) is 11.4 Å². The van der Waals surface area contributed by atoms with Crippen LogP contribution in [0.1, 0.15) is 50.5 Å². The molecule has 0 bridgehead atoms. The standard InChI is InChI=1S/C15H25N3O2.ClH/c1-4-5-9-18-10-7-6-8-13(18)15(19)16-14-11(2)17-20-12(14)3;/h13H,4-10H2,1-3H3,(H,16,19);1H/t13-;/m0./s1. The fraction of sp³-hybridized carbons (Fsp3) is 0.733. The zero-order valence-corrected chi connectivity index (χ0v) is 14.0. The van der Waals surface area contributed by atoms with Gasteiger partial charge in [0, 0.05) is 0 Å². The van der Waals surface area contributed by atoms with Gasteiger partial charge >= 0.3 is 0 Å². The first-order chi connectivity index (χ1) is 9.63. The van der Waals surface area contributed by atoms with E-state index < -0.39 is 0 Å². The third-order valence-corrected chi connectivity index (χ3v) is 4.00. The zero-order chi connectivity index (χ0) is 14.5. The summed E-state index contributed by atoms with van der Waals surface area (Å²) in [6.07, 6.45) is 5.57. The predicted octanol–water partition coefficient (Wildman–Crippen LogP) is 3.31. The number of aromatic nitrogens is 1. The minimum atomic E-state index is -0.0102. The van der Waals surface area contributed by atoms with E-state index >= 15 is 0 Å². The van der Waals surface area contributed by atoms with Gasteiger partial charge in [-0.15, -0.1) is 12.4 Å². The summed E-state index contributed by atoms with van der Waals surface area (Å²) in [5.41, 5.74) is 1.47. The van der Waals surface area contributed by atoms with Crippen molar-refractivity contribution < 1.29 is 9.32 Å². The van der Waals surface area contributed by atoms with Gasteiger partial charge in [0.05, 0.1) is 6.04 Å². The number of hydrogen-bond acceptors (Lipinski definition) is 4. The van der Waals surface area contributed by atoms with Crippen molar-refractivity contribution in [3.05, 3.63) is 11.5 Å². The van der Waals surface area contributed by atoms with Gasteiger partial charge in [-0.25, -0.2) is 0 Å². The van der Waals surface area contributed by atoms with Crippen LogP contribution in [0.3, 0.4) is 0 Å². The van der Waals surface area contributed by atoms with E-state index in [9.17, 15) is 4.79 Å². The maximum Gasteiger partial charge on any atom is 0.241 e. The van der Waals surface area contributed by atoms with E-state index in [0.29, 0.717) is 5.76 Å². The topological polar surface area (TPSA) is 58.4 Å². The van der Waals surface area contributed by atoms with Crippen molar-refractivity contribution in [2.75, 3.05) is 18.4 Å². The first kappa shape index (κ1) is 18.0. The molecule has 2 rings (SSSR count). The summed E-state index contributed by atoms with van der Waals surface area (Å²) < 4.78 is 5.10. The van der Waals surface area contributed by atoms with E-state index in [1.54, 1.807) is 0 Å². The number of halogens is 1. The lowest BCUT2D eigenvalue weighted by Crippen LogP contribution is -2.47. The van der Waals surface area contributed by atoms with Crippen LogP contribution in [0, 0.1) is 13.8 Å². The summed E-state index contributed by atoms with van der Waals surface area (Å²) in [6.45, 7) is 7.89. The number of carbonyl (C=O) groups is 1. The number of nitrogens with zero attached hydrogens (tertiary/aromatic N) is 2. The highest BCUT2D eigenvalue weighted by Gasteiger charge is 2.29. The van der Waals surface area contributed by atoms with Crippen molar-refractivity contribution >= 4 is 24.0 Å². The first-order valence-corrected chi connectivity index (χ1v) is 7.61. The van der Waals surface area contributed by atoms with Crippen LogP contribution < -0.4 is 5.32 Å². The molecule has 1 aliphatic rings. The number of unbranched alkanes of at least 4 members (excludes halogenated alkanes) is 1. The van der Waals surface area contributed by atoms with Crippen LogP contribution in [0.2, 0.25) is 0 Å². The Bertz CT molecular complexity index is 442. The quantitative estimate of drug-likeness (QED) is 0.905. The summed E-state index contributed by atoms with van der Waals surface area (Å²) in [7, 11) is 0. The van der Waals surface area contributed by atoms with Gasteiger partial charge in [-0.2, -0.15) is 0 Å². The number of carbonyl (C=O) groups excluding carboxylic acids is 1. The molecule has 1 amide bonds. The summed E-state index contributed by atoms with van der Waals surface area (Å²) >= 11 is 0. The summed E-state index contributed by atoms with van der Waals surface area (Å²) in [5.74, 6) is 0.752. The maximum atomic E-state index is 12.5. The molecule has 0 aromatic carbocycles. The van der Waals surface area contributed by atoms with E-state index in [-0.39, 0.29) is 24.4 Å². The lowest BCUT2D eigenvalue weighted by Gasteiger charge is -2.34. The number of rotatable bonds is 5. The van der Waals surface area contributed by atoms with Crippen molar-refractivity contribution in [1.82, 2.24) is 10.1 Å². The van der Waals surface area contributed by atoms with Gasteiger partial charge < -0.3 is 9.84 Å². The second-order valence-corrected chi connectivity index (χ2v) is 5.59. The fourth-order valence-corrected chi connectivity index (χ4v) is 2.78. The number of piperidine rings is 1. The molecule has 1 fully saturated rings. The first-order valence-electron chi connectivity index (χ1n) is 7.61. The van der Waals surface area contributed by atoms with Crippen molar-refractivity contribution in [3.63, 3.8) is 0 Å². The Balaban J connectivity index is 0.00000220. The number of aryl methyl sites for hydroxylation is 2. The van der Waals surface area contributed by atoms with Gasteiger partial charge in [-0.3, -0.25) is 9.69 Å². The van der Waals surface area contributed by atoms with Crippen molar-refractivity contribution in [2.45, 2.75) is 58.9 Å². The normalized spacial score (nSPS) is 19.1. The maximum absolute atomic E-state index is 12.5. The Labute approximate surface area is 132 Å². The second kappa shape index (κ2) is 8.39. The molecule has 1 atom stereocenters. The highest BCUT2D eigenvalue weighted by molar-refractivity contribution is 5.95. The van der Waals surface area contributed by atoms with E-state index in [1.807, 2.05) is 13.8 Å². The summed E-state index contributed by atoms with van der Waals surface area (Å²) in [5, 5.41) is 6.88. The number of nitrogens with one attached hydrogen (secondary N) is 1. The van der Waals surface area contributed by atoms with E-state index in [2.05, 4.69) is 22.3 Å². The van der Waals surface area contributed by atoms with Crippen LogP contribution in [-0.2, 0) is 4.79 Å². The molecule has 6 heteroatoms. The summed E-state index contributed by atoms with van der Waals surface area (Å²) in [4.78, 5) is 14.8. The van der Waals surface area contributed by atoms with Gasteiger partial charge in [-0.1, -0.05) is 24.9 Å². The highest BCUT2D eigenvalue weighted by Crippen LogP contribution is 2.22. The molecule has 0 radical (unpaired) electrons. The fourth-order valence-electron chi connectivity index (χ4n) is 2.78. The smallest absolute Gasteiger partial charge is 0.241 e. The molecule has 120 valence electrons. The van der Waals surface area contributed by atoms with Crippen LogP contribution in [-0.4, -0.2) is 35.1 Å². The van der Waals surface area contributed by atoms with Gasteiger partial charge in [0.25, 0.3) is 0 Å². The van der Waals surface area contributed by atoms with Crippen LogP contribution >= 0.6 is 12.4 Å². The Morgan fingerprint density at radius 3 is 2.81 bits per heavy atom. The van der Waals surface area contributed by atoms with Gasteiger partial charge in [0.2, 0.25) is 5.91 Å². The number of hydrogen-bond donors (Lipinski definition) is 1. The Hall–Kier alpha value is -1.07. The molecule has 21 heavy (non-hydrogen) atoms. The highest BCUT2D eigenvalue weighted by atomic mass is 35.5. The molecule has 1 aliphatic heterocycles. The number of anilines is 1. The molecule has 1 aromatic heterocycles. The largest absolute Gasteiger partial charge is 0.359 e. The third kappa shape index (κ3) is 4.45. The third-order valence-electron chi connectivity index (χ3n) is 4.00. The SMILES string of the molecule is CCCCN1CCCC[C@H]1C(=O)Nc1c(C)noc1C.Cl. The number of amides is 1. The molecule has 0 aliphatic carbocycles. The van der Waals surface area contributed by atoms with Crippen molar-refractivity contribution in [3.8, 4) is 0 Å². The zero-order valence-electron chi connectivity index (χ0n) is 13.1. The van der Waals surface area contributed by atoms with Crippen molar-refractivity contribution in [1.29, 1.82) is 0 Å². The Morgan fingerprint density at radius 1 is 1.43 bits per heavy atom. The molecular formula is C15H26ClN3O2. The molecule has 1 saturated heterocycles. The molecule has 0 unspecified atom stereocenters. The second-order valence-electron chi connectivity index (χ2n) is 5.59. The molecule has 0 spiro atoms. The molecule has 0 saturated carbocycles. The molecule has 2 heterocycles. The molecule has 1 N–H and O–H groups in total. The van der Waals surface area contributed by atoms with Gasteiger partial charge in [-0.05, 0) is 46.2 Å². The lowest BCUT2D eigenvalue weighted by molar-refractivity contribution is -0.122.